The second-order valence-electron chi connectivity index (χ2n) is 6.18. The Morgan fingerprint density at radius 3 is 2.67 bits per heavy atom. The van der Waals surface area contributed by atoms with Crippen LogP contribution in [0.2, 0.25) is 0 Å². The number of anilines is 2. The normalized spacial score (nSPS) is 15.8. The van der Waals surface area contributed by atoms with Crippen LogP contribution in [0.4, 0.5) is 11.5 Å². The molecular formula is C20H25N3O. The molecule has 0 amide bonds. The molecule has 0 saturated carbocycles. The van der Waals surface area contributed by atoms with E-state index in [-0.39, 0.29) is 0 Å². The third-order valence-corrected chi connectivity index (χ3v) is 4.48. The summed E-state index contributed by atoms with van der Waals surface area (Å²) in [6.45, 7) is 2.97. The standard InChI is InChI=1S/C20H25N3O/c24-16-18-10-14-23(15-11-18)20-19(9-5-13-22-20)21-12-4-8-17-6-2-1-3-7-17/h1-9,13,18,21,24H,10-12,14-16H2/b8-4+. The molecule has 2 heterocycles. The van der Waals surface area contributed by atoms with Crippen molar-refractivity contribution in [1.82, 2.24) is 4.98 Å². The van der Waals surface area contributed by atoms with Crippen LogP contribution in [0, 0.1) is 5.92 Å². The van der Waals surface area contributed by atoms with Crippen molar-refractivity contribution >= 4 is 17.6 Å². The average Bonchev–Trinajstić information content (AvgIpc) is 2.66. The van der Waals surface area contributed by atoms with E-state index >= 15 is 0 Å². The molecule has 1 aliphatic heterocycles. The lowest BCUT2D eigenvalue weighted by Gasteiger charge is -2.33. The van der Waals surface area contributed by atoms with E-state index in [0.29, 0.717) is 12.5 Å². The minimum Gasteiger partial charge on any atom is -0.396 e. The summed E-state index contributed by atoms with van der Waals surface area (Å²) >= 11 is 0. The Hall–Kier alpha value is -2.33. The highest BCUT2D eigenvalue weighted by Gasteiger charge is 2.21. The first-order valence-electron chi connectivity index (χ1n) is 8.63. The molecule has 0 radical (unpaired) electrons. The van der Waals surface area contributed by atoms with Crippen LogP contribution >= 0.6 is 0 Å². The molecule has 1 saturated heterocycles. The number of hydrogen-bond acceptors (Lipinski definition) is 4. The summed E-state index contributed by atoms with van der Waals surface area (Å²) in [5.41, 5.74) is 2.27. The van der Waals surface area contributed by atoms with Gasteiger partial charge in [0.25, 0.3) is 0 Å². The van der Waals surface area contributed by atoms with E-state index < -0.39 is 0 Å². The monoisotopic (exact) mass is 323 g/mol. The van der Waals surface area contributed by atoms with Gasteiger partial charge in [0.2, 0.25) is 0 Å². The number of hydrogen-bond donors (Lipinski definition) is 2. The zero-order chi connectivity index (χ0) is 16.6. The summed E-state index contributed by atoms with van der Waals surface area (Å²) in [5.74, 6) is 1.46. The molecule has 3 rings (SSSR count). The Morgan fingerprint density at radius 1 is 1.12 bits per heavy atom. The predicted molar refractivity (Wildman–Crippen MR) is 100 cm³/mol. The van der Waals surface area contributed by atoms with Crippen molar-refractivity contribution in [2.75, 3.05) is 36.5 Å². The number of piperidine rings is 1. The number of aliphatic hydroxyl groups excluding tert-OH is 1. The quantitative estimate of drug-likeness (QED) is 0.855. The maximum absolute atomic E-state index is 9.29. The van der Waals surface area contributed by atoms with Gasteiger partial charge >= 0.3 is 0 Å². The van der Waals surface area contributed by atoms with Gasteiger partial charge in [-0.25, -0.2) is 4.98 Å². The fraction of sp³-hybridized carbons (Fsp3) is 0.350. The van der Waals surface area contributed by atoms with E-state index in [1.807, 2.05) is 30.5 Å². The summed E-state index contributed by atoms with van der Waals surface area (Å²) in [6, 6.07) is 14.3. The van der Waals surface area contributed by atoms with E-state index in [1.165, 1.54) is 5.56 Å². The minimum absolute atomic E-state index is 0.297. The molecule has 1 fully saturated rings. The molecule has 4 nitrogen and oxygen atoms in total. The molecular weight excluding hydrogens is 298 g/mol. The molecule has 1 aromatic heterocycles. The lowest BCUT2D eigenvalue weighted by Crippen LogP contribution is -2.35. The second-order valence-corrected chi connectivity index (χ2v) is 6.18. The topological polar surface area (TPSA) is 48.4 Å². The van der Waals surface area contributed by atoms with Crippen molar-refractivity contribution < 1.29 is 5.11 Å². The Balaban J connectivity index is 1.59. The Labute approximate surface area is 143 Å². The van der Waals surface area contributed by atoms with Crippen LogP contribution in [0.25, 0.3) is 6.08 Å². The van der Waals surface area contributed by atoms with Crippen molar-refractivity contribution in [3.8, 4) is 0 Å². The largest absolute Gasteiger partial charge is 0.396 e. The highest BCUT2D eigenvalue weighted by molar-refractivity contribution is 5.66. The summed E-state index contributed by atoms with van der Waals surface area (Å²) in [4.78, 5) is 6.88. The SMILES string of the molecule is OCC1CCN(c2ncccc2NC/C=C/c2ccccc2)CC1. The van der Waals surface area contributed by atoms with Crippen molar-refractivity contribution in [3.63, 3.8) is 0 Å². The van der Waals surface area contributed by atoms with E-state index in [4.69, 9.17) is 0 Å². The van der Waals surface area contributed by atoms with Crippen molar-refractivity contribution in [3.05, 3.63) is 60.3 Å². The fourth-order valence-corrected chi connectivity index (χ4v) is 3.04. The van der Waals surface area contributed by atoms with Crippen LogP contribution in [0.1, 0.15) is 18.4 Å². The van der Waals surface area contributed by atoms with Crippen LogP contribution < -0.4 is 10.2 Å². The maximum atomic E-state index is 9.29. The number of nitrogens with zero attached hydrogens (tertiary/aromatic N) is 2. The molecule has 2 aromatic rings. The number of rotatable bonds is 6. The van der Waals surface area contributed by atoms with Crippen LogP contribution in [-0.2, 0) is 0 Å². The lowest BCUT2D eigenvalue weighted by molar-refractivity contribution is 0.203. The van der Waals surface area contributed by atoms with Crippen molar-refractivity contribution in [1.29, 1.82) is 0 Å². The van der Waals surface area contributed by atoms with Gasteiger partial charge in [-0.3, -0.25) is 0 Å². The number of pyridine rings is 1. The summed E-state index contributed by atoms with van der Waals surface area (Å²) in [7, 11) is 0. The molecule has 0 unspecified atom stereocenters. The van der Waals surface area contributed by atoms with E-state index in [1.54, 1.807) is 0 Å². The van der Waals surface area contributed by atoms with E-state index in [2.05, 4.69) is 45.6 Å². The molecule has 0 bridgehead atoms. The molecule has 1 aromatic carbocycles. The highest BCUT2D eigenvalue weighted by atomic mass is 16.3. The Kier molecular flexibility index (Phi) is 5.85. The number of aromatic nitrogens is 1. The molecule has 1 aliphatic rings. The van der Waals surface area contributed by atoms with Gasteiger partial charge in [0.15, 0.2) is 5.82 Å². The van der Waals surface area contributed by atoms with Gasteiger partial charge in [-0.1, -0.05) is 42.5 Å². The van der Waals surface area contributed by atoms with E-state index in [9.17, 15) is 5.11 Å². The first-order valence-corrected chi connectivity index (χ1v) is 8.63. The third kappa shape index (κ3) is 4.36. The Morgan fingerprint density at radius 2 is 1.92 bits per heavy atom. The van der Waals surface area contributed by atoms with Gasteiger partial charge in [-0.15, -0.1) is 0 Å². The smallest absolute Gasteiger partial charge is 0.151 e. The first-order chi connectivity index (χ1) is 11.9. The molecule has 0 atom stereocenters. The first kappa shape index (κ1) is 16.5. The molecule has 0 spiro atoms. The van der Waals surface area contributed by atoms with Crippen LogP contribution in [0.5, 0.6) is 0 Å². The minimum atomic E-state index is 0.297. The molecule has 0 aliphatic carbocycles. The van der Waals surface area contributed by atoms with Gasteiger partial charge in [-0.2, -0.15) is 0 Å². The van der Waals surface area contributed by atoms with Gasteiger partial charge in [-0.05, 0) is 36.5 Å². The zero-order valence-electron chi connectivity index (χ0n) is 13.9. The maximum Gasteiger partial charge on any atom is 0.151 e. The Bertz CT molecular complexity index is 649. The van der Waals surface area contributed by atoms with Crippen LogP contribution in [0.15, 0.2) is 54.7 Å². The van der Waals surface area contributed by atoms with Crippen LogP contribution in [0.3, 0.4) is 0 Å². The zero-order valence-corrected chi connectivity index (χ0v) is 13.9. The van der Waals surface area contributed by atoms with Gasteiger partial charge in [0.05, 0.1) is 5.69 Å². The number of nitrogens with one attached hydrogen (secondary N) is 1. The summed E-state index contributed by atoms with van der Waals surface area (Å²) in [6.07, 6.45) is 8.15. The van der Waals surface area contributed by atoms with E-state index in [0.717, 1.165) is 44.0 Å². The summed E-state index contributed by atoms with van der Waals surface area (Å²) in [5, 5.41) is 12.8. The molecule has 24 heavy (non-hydrogen) atoms. The van der Waals surface area contributed by atoms with Gasteiger partial charge < -0.3 is 15.3 Å². The third-order valence-electron chi connectivity index (χ3n) is 4.48. The van der Waals surface area contributed by atoms with Gasteiger partial charge in [0, 0.05) is 32.4 Å². The molecule has 126 valence electrons. The van der Waals surface area contributed by atoms with Gasteiger partial charge in [0.1, 0.15) is 0 Å². The van der Waals surface area contributed by atoms with Crippen LogP contribution in [-0.4, -0.2) is 36.3 Å². The van der Waals surface area contributed by atoms with Crippen molar-refractivity contribution in [2.45, 2.75) is 12.8 Å². The second kappa shape index (κ2) is 8.50. The summed E-state index contributed by atoms with van der Waals surface area (Å²) < 4.78 is 0. The number of aliphatic hydroxyl groups is 1. The predicted octanol–water partition coefficient (Wildman–Crippen LogP) is 3.42. The highest BCUT2D eigenvalue weighted by Crippen LogP contribution is 2.27. The fourth-order valence-electron chi connectivity index (χ4n) is 3.04. The molecule has 4 heteroatoms. The lowest BCUT2D eigenvalue weighted by atomic mass is 9.98. The molecule has 2 N–H and O–H groups in total. The van der Waals surface area contributed by atoms with Crippen molar-refractivity contribution in [2.24, 2.45) is 5.92 Å². The number of benzene rings is 1. The average molecular weight is 323 g/mol.